The summed E-state index contributed by atoms with van der Waals surface area (Å²) in [5, 5.41) is 0. The van der Waals surface area contributed by atoms with Crippen LogP contribution in [0, 0.1) is 6.92 Å². The first-order chi connectivity index (χ1) is 11.2. The first-order valence-electron chi connectivity index (χ1n) is 7.09. The molecule has 1 N–H and O–H groups in total. The van der Waals surface area contributed by atoms with Crippen LogP contribution >= 0.6 is 0 Å². The molecule has 0 amide bonds. The second-order valence-electron chi connectivity index (χ2n) is 5.19. The fourth-order valence-corrected chi connectivity index (χ4v) is 2.91. The number of sulfonamides is 1. The van der Waals surface area contributed by atoms with Crippen molar-refractivity contribution in [2.45, 2.75) is 18.0 Å². The van der Waals surface area contributed by atoms with Gasteiger partial charge >= 0.3 is 6.18 Å². The summed E-state index contributed by atoms with van der Waals surface area (Å²) in [4.78, 5) is 0.163. The Morgan fingerprint density at radius 1 is 1.00 bits per heavy atom. The molecule has 0 spiro atoms. The van der Waals surface area contributed by atoms with Crippen LogP contribution in [-0.4, -0.2) is 15.0 Å². The number of nitrogens with one attached hydrogen (secondary N) is 1. The van der Waals surface area contributed by atoms with Crippen molar-refractivity contribution in [1.82, 2.24) is 4.72 Å². The minimum Gasteiger partial charge on any atom is -0.207 e. The third-order valence-electron chi connectivity index (χ3n) is 3.27. The van der Waals surface area contributed by atoms with Crippen LogP contribution in [-0.2, 0) is 16.2 Å². The van der Waals surface area contributed by atoms with Gasteiger partial charge in [0.25, 0.3) is 0 Å². The quantitative estimate of drug-likeness (QED) is 0.881. The standard InChI is InChI=1S/C17H16F3NO2S/c1-13-4-10-16(11-5-13)24(22,23)21-12-2-3-14-6-8-15(9-7-14)17(18,19)20/h2-11,21H,12H2,1H3/b3-2-. The van der Waals surface area contributed by atoms with E-state index in [9.17, 15) is 21.6 Å². The van der Waals surface area contributed by atoms with E-state index in [2.05, 4.69) is 4.72 Å². The number of alkyl halides is 3. The Kier molecular flexibility index (Phi) is 5.46. The van der Waals surface area contributed by atoms with Gasteiger partial charge in [-0.05, 0) is 36.8 Å². The first-order valence-corrected chi connectivity index (χ1v) is 8.57. The number of hydrogen-bond acceptors (Lipinski definition) is 2. The highest BCUT2D eigenvalue weighted by molar-refractivity contribution is 7.89. The Morgan fingerprint density at radius 3 is 2.12 bits per heavy atom. The molecule has 0 aliphatic rings. The van der Waals surface area contributed by atoms with Gasteiger partial charge in [-0.1, -0.05) is 42.0 Å². The fraction of sp³-hybridized carbons (Fsp3) is 0.176. The molecule has 0 saturated heterocycles. The number of halogens is 3. The Labute approximate surface area is 138 Å². The summed E-state index contributed by atoms with van der Waals surface area (Å²) < 4.78 is 63.8. The number of aryl methyl sites for hydroxylation is 1. The molecule has 3 nitrogen and oxygen atoms in total. The maximum Gasteiger partial charge on any atom is 0.416 e. The maximum absolute atomic E-state index is 12.4. The molecule has 2 aromatic rings. The lowest BCUT2D eigenvalue weighted by Gasteiger charge is -2.06. The molecule has 0 atom stereocenters. The molecule has 0 unspecified atom stereocenters. The van der Waals surface area contributed by atoms with E-state index in [0.29, 0.717) is 5.56 Å². The van der Waals surface area contributed by atoms with E-state index in [-0.39, 0.29) is 11.4 Å². The lowest BCUT2D eigenvalue weighted by atomic mass is 10.1. The molecular weight excluding hydrogens is 339 g/mol. The number of benzene rings is 2. The molecule has 2 rings (SSSR count). The molecule has 0 aliphatic carbocycles. The van der Waals surface area contributed by atoms with Crippen LogP contribution in [0.15, 0.2) is 59.5 Å². The molecule has 24 heavy (non-hydrogen) atoms. The maximum atomic E-state index is 12.4. The molecule has 0 aliphatic heterocycles. The molecule has 0 bridgehead atoms. The lowest BCUT2D eigenvalue weighted by molar-refractivity contribution is -0.137. The fourth-order valence-electron chi connectivity index (χ4n) is 1.94. The lowest BCUT2D eigenvalue weighted by Crippen LogP contribution is -2.23. The van der Waals surface area contributed by atoms with Crippen LogP contribution in [0.2, 0.25) is 0 Å². The Balaban J connectivity index is 1.96. The van der Waals surface area contributed by atoms with Crippen molar-refractivity contribution in [2.24, 2.45) is 0 Å². The molecular formula is C17H16F3NO2S. The van der Waals surface area contributed by atoms with Crippen molar-refractivity contribution in [2.75, 3.05) is 6.54 Å². The van der Waals surface area contributed by atoms with Gasteiger partial charge in [-0.2, -0.15) is 13.2 Å². The summed E-state index contributed by atoms with van der Waals surface area (Å²) in [6.45, 7) is 1.90. The van der Waals surface area contributed by atoms with Gasteiger partial charge in [0.15, 0.2) is 0 Å². The van der Waals surface area contributed by atoms with Crippen LogP contribution in [0.4, 0.5) is 13.2 Å². The Bertz CT molecular complexity index is 808. The summed E-state index contributed by atoms with van der Waals surface area (Å²) >= 11 is 0. The zero-order valence-corrected chi connectivity index (χ0v) is 13.7. The van der Waals surface area contributed by atoms with E-state index in [1.807, 2.05) is 6.92 Å². The van der Waals surface area contributed by atoms with Crippen molar-refractivity contribution in [3.63, 3.8) is 0 Å². The van der Waals surface area contributed by atoms with Crippen molar-refractivity contribution >= 4 is 16.1 Å². The van der Waals surface area contributed by atoms with Crippen LogP contribution in [0.3, 0.4) is 0 Å². The van der Waals surface area contributed by atoms with E-state index in [1.54, 1.807) is 18.2 Å². The van der Waals surface area contributed by atoms with Gasteiger partial charge in [0.05, 0.1) is 10.5 Å². The average Bonchev–Trinajstić information content (AvgIpc) is 2.52. The van der Waals surface area contributed by atoms with E-state index in [0.717, 1.165) is 17.7 Å². The van der Waals surface area contributed by atoms with Gasteiger partial charge in [-0.3, -0.25) is 0 Å². The summed E-state index contributed by atoms with van der Waals surface area (Å²) in [7, 11) is -3.61. The van der Waals surface area contributed by atoms with E-state index in [4.69, 9.17) is 0 Å². The van der Waals surface area contributed by atoms with E-state index in [1.165, 1.54) is 30.3 Å². The highest BCUT2D eigenvalue weighted by atomic mass is 32.2. The molecule has 7 heteroatoms. The molecule has 2 aromatic carbocycles. The van der Waals surface area contributed by atoms with Crippen LogP contribution < -0.4 is 4.72 Å². The zero-order valence-electron chi connectivity index (χ0n) is 12.8. The van der Waals surface area contributed by atoms with Gasteiger partial charge < -0.3 is 0 Å². The third-order valence-corrected chi connectivity index (χ3v) is 4.71. The summed E-state index contributed by atoms with van der Waals surface area (Å²) in [5.74, 6) is 0. The van der Waals surface area contributed by atoms with Crippen LogP contribution in [0.25, 0.3) is 6.08 Å². The van der Waals surface area contributed by atoms with Crippen molar-refractivity contribution < 1.29 is 21.6 Å². The van der Waals surface area contributed by atoms with Gasteiger partial charge in [-0.25, -0.2) is 13.1 Å². The molecule has 0 heterocycles. The minimum absolute atomic E-state index is 0.0389. The second-order valence-corrected chi connectivity index (χ2v) is 6.95. The van der Waals surface area contributed by atoms with Gasteiger partial charge in [0, 0.05) is 6.54 Å². The van der Waals surface area contributed by atoms with Crippen molar-refractivity contribution in [1.29, 1.82) is 0 Å². The Hall–Kier alpha value is -2.12. The first kappa shape index (κ1) is 18.2. The van der Waals surface area contributed by atoms with E-state index < -0.39 is 21.8 Å². The summed E-state index contributed by atoms with van der Waals surface area (Å²) in [5.41, 5.74) is 0.786. The minimum atomic E-state index is -4.37. The zero-order chi connectivity index (χ0) is 17.8. The normalized spacial score (nSPS) is 12.7. The smallest absolute Gasteiger partial charge is 0.207 e. The molecule has 128 valence electrons. The monoisotopic (exact) mass is 355 g/mol. The highest BCUT2D eigenvalue weighted by Gasteiger charge is 2.29. The highest BCUT2D eigenvalue weighted by Crippen LogP contribution is 2.29. The third kappa shape index (κ3) is 4.94. The Morgan fingerprint density at radius 2 is 1.58 bits per heavy atom. The average molecular weight is 355 g/mol. The number of rotatable bonds is 5. The summed E-state index contributed by atoms with van der Waals surface area (Å²) in [6.07, 6.45) is -1.28. The second kappa shape index (κ2) is 7.19. The molecule has 0 aromatic heterocycles. The SMILES string of the molecule is Cc1ccc(S(=O)(=O)NC/C=C\c2ccc(C(F)(F)F)cc2)cc1. The largest absolute Gasteiger partial charge is 0.416 e. The van der Waals surface area contributed by atoms with E-state index >= 15 is 0 Å². The summed E-state index contributed by atoms with van der Waals surface area (Å²) in [6, 6.07) is 11.0. The van der Waals surface area contributed by atoms with Crippen LogP contribution in [0.5, 0.6) is 0 Å². The number of hydrogen-bond donors (Lipinski definition) is 1. The van der Waals surface area contributed by atoms with Crippen molar-refractivity contribution in [3.05, 3.63) is 71.3 Å². The molecule has 0 fully saturated rings. The van der Waals surface area contributed by atoms with Gasteiger partial charge in [0.2, 0.25) is 10.0 Å². The topological polar surface area (TPSA) is 46.2 Å². The molecule has 0 saturated carbocycles. The predicted octanol–water partition coefficient (Wildman–Crippen LogP) is 4.01. The predicted molar refractivity (Wildman–Crippen MR) is 86.8 cm³/mol. The van der Waals surface area contributed by atoms with Crippen molar-refractivity contribution in [3.8, 4) is 0 Å². The molecule has 0 radical (unpaired) electrons. The van der Waals surface area contributed by atoms with Gasteiger partial charge in [0.1, 0.15) is 0 Å². The van der Waals surface area contributed by atoms with Gasteiger partial charge in [-0.15, -0.1) is 0 Å². The van der Waals surface area contributed by atoms with Crippen LogP contribution in [0.1, 0.15) is 16.7 Å².